The van der Waals surface area contributed by atoms with Gasteiger partial charge < -0.3 is 24.8 Å². The minimum atomic E-state index is -4.58. The molecule has 12 heteroatoms. The van der Waals surface area contributed by atoms with Crippen molar-refractivity contribution in [1.29, 1.82) is 0 Å². The van der Waals surface area contributed by atoms with Crippen molar-refractivity contribution in [3.8, 4) is 0 Å². The van der Waals surface area contributed by atoms with E-state index in [1.165, 1.54) is 6.20 Å². The number of hydrogen-bond acceptors (Lipinski definition) is 9. The van der Waals surface area contributed by atoms with Gasteiger partial charge >= 0.3 is 6.18 Å². The topological polar surface area (TPSA) is 103 Å². The Morgan fingerprint density at radius 3 is 2.70 bits per heavy atom. The van der Waals surface area contributed by atoms with Crippen LogP contribution < -0.4 is 10.6 Å². The van der Waals surface area contributed by atoms with E-state index in [-0.39, 0.29) is 18.5 Å². The number of alkyl halides is 3. The molecular weight excluding hydrogens is 405 g/mol. The van der Waals surface area contributed by atoms with E-state index in [9.17, 15) is 13.2 Å². The Bertz CT molecular complexity index is 870. The molecule has 0 aromatic carbocycles. The van der Waals surface area contributed by atoms with Gasteiger partial charge in [0.25, 0.3) is 0 Å². The fourth-order valence-corrected chi connectivity index (χ4v) is 3.49. The molecule has 0 aliphatic carbocycles. The van der Waals surface area contributed by atoms with Crippen LogP contribution >= 0.6 is 0 Å². The maximum atomic E-state index is 12.9. The van der Waals surface area contributed by atoms with Crippen molar-refractivity contribution in [3.63, 3.8) is 0 Å². The van der Waals surface area contributed by atoms with Gasteiger partial charge in [0.05, 0.1) is 25.0 Å². The lowest BCUT2D eigenvalue weighted by molar-refractivity contribution is -0.152. The Morgan fingerprint density at radius 1 is 1.17 bits per heavy atom. The molecule has 2 aliphatic rings. The monoisotopic (exact) mass is 426 g/mol. The highest BCUT2D eigenvalue weighted by Gasteiger charge is 2.52. The highest BCUT2D eigenvalue weighted by Crippen LogP contribution is 2.36. The molecule has 4 rings (SSSR count). The highest BCUT2D eigenvalue weighted by atomic mass is 19.4. The third kappa shape index (κ3) is 4.60. The molecule has 2 aromatic heterocycles. The molecule has 2 aromatic rings. The number of nitrogens with zero attached hydrogens (tertiary/aromatic N) is 4. The van der Waals surface area contributed by atoms with E-state index >= 15 is 0 Å². The van der Waals surface area contributed by atoms with E-state index in [2.05, 4.69) is 30.8 Å². The first-order valence-electron chi connectivity index (χ1n) is 9.36. The van der Waals surface area contributed by atoms with Crippen LogP contribution in [0.1, 0.15) is 19.5 Å². The smallest absolute Gasteiger partial charge is 0.371 e. The third-order valence-electron chi connectivity index (χ3n) is 4.73. The molecule has 2 aliphatic heterocycles. The normalized spacial score (nSPS) is 28.0. The molecule has 30 heavy (non-hydrogen) atoms. The fourth-order valence-electron chi connectivity index (χ4n) is 3.49. The van der Waals surface area contributed by atoms with Crippen LogP contribution in [0.3, 0.4) is 0 Å². The van der Waals surface area contributed by atoms with Crippen LogP contribution in [0.15, 0.2) is 30.7 Å². The molecule has 4 heterocycles. The summed E-state index contributed by atoms with van der Waals surface area (Å²) >= 11 is 0. The first kappa shape index (κ1) is 20.7. The fraction of sp³-hybridized carbons (Fsp3) is 0.556. The summed E-state index contributed by atoms with van der Waals surface area (Å²) in [5.74, 6) is -0.287. The molecule has 0 unspecified atom stereocenters. The summed E-state index contributed by atoms with van der Waals surface area (Å²) in [6, 6.07) is 3.07. The average Bonchev–Trinajstić information content (AvgIpc) is 3.03. The summed E-state index contributed by atoms with van der Waals surface area (Å²) in [6.07, 6.45) is -2.37. The van der Waals surface area contributed by atoms with Crippen LogP contribution in [0.25, 0.3) is 0 Å². The zero-order valence-electron chi connectivity index (χ0n) is 16.3. The van der Waals surface area contributed by atoms with Crippen molar-refractivity contribution < 1.29 is 27.4 Å². The van der Waals surface area contributed by atoms with Crippen LogP contribution in [-0.2, 0) is 20.4 Å². The number of ether oxygens (including phenoxy) is 3. The van der Waals surface area contributed by atoms with E-state index in [1.807, 2.05) is 0 Å². The second-order valence-corrected chi connectivity index (χ2v) is 7.46. The Balaban J connectivity index is 1.47. The predicted molar refractivity (Wildman–Crippen MR) is 98.5 cm³/mol. The van der Waals surface area contributed by atoms with Gasteiger partial charge in [-0.2, -0.15) is 18.3 Å². The molecule has 0 saturated carbocycles. The van der Waals surface area contributed by atoms with Crippen molar-refractivity contribution in [2.75, 3.05) is 23.8 Å². The van der Waals surface area contributed by atoms with Crippen LogP contribution in [0.2, 0.25) is 0 Å². The number of rotatable bonds is 5. The highest BCUT2D eigenvalue weighted by molar-refractivity contribution is 5.35. The van der Waals surface area contributed by atoms with Crippen molar-refractivity contribution in [3.05, 3.63) is 36.4 Å². The number of aromatic nitrogens is 4. The Kier molecular flexibility index (Phi) is 5.47. The Hall–Kier alpha value is -2.57. The van der Waals surface area contributed by atoms with Crippen molar-refractivity contribution in [2.45, 2.75) is 50.2 Å². The summed E-state index contributed by atoms with van der Waals surface area (Å²) in [5.41, 5.74) is -1.07. The Labute approximate surface area is 170 Å². The first-order chi connectivity index (χ1) is 14.2. The Morgan fingerprint density at radius 2 is 1.97 bits per heavy atom. The van der Waals surface area contributed by atoms with Crippen LogP contribution in [0.5, 0.6) is 0 Å². The molecule has 9 nitrogen and oxygen atoms in total. The van der Waals surface area contributed by atoms with Gasteiger partial charge in [-0.1, -0.05) is 0 Å². The number of hydrogen-bond donors (Lipinski definition) is 2. The maximum Gasteiger partial charge on any atom is 0.434 e. The molecule has 162 valence electrons. The molecule has 0 bridgehead atoms. The average molecular weight is 426 g/mol. The molecule has 4 atom stereocenters. The van der Waals surface area contributed by atoms with Crippen molar-refractivity contribution >= 4 is 11.6 Å². The molecule has 0 radical (unpaired) electrons. The van der Waals surface area contributed by atoms with Crippen LogP contribution in [0.4, 0.5) is 24.8 Å². The minimum Gasteiger partial charge on any atom is -0.371 e. The summed E-state index contributed by atoms with van der Waals surface area (Å²) < 4.78 is 56.8. The maximum absolute atomic E-state index is 12.9. The number of anilines is 2. The standard InChI is InChI=1S/C18H21F3N6O3/c1-17(2)29-15-10(25-14-8-22-7-12(26-14)18(19,20)21)9-28-11(16(15)30-17)6-23-13-4-3-5-24-27-13/h3-5,7-8,10-11,15-16H,6,9H2,1-2H3,(H,23,27)(H,25,26)/t10-,11+,15+,16-/m0/s1. The van der Waals surface area contributed by atoms with Crippen LogP contribution in [-0.4, -0.2) is 63.5 Å². The lowest BCUT2D eigenvalue weighted by Crippen LogP contribution is -2.56. The SMILES string of the molecule is CC1(C)O[C@@H]2[C@H](O1)[C@@H](Nc1cncc(C(F)(F)F)n1)CO[C@@H]2CNc1cccnn1. The van der Waals surface area contributed by atoms with Gasteiger partial charge in [-0.15, -0.1) is 5.10 Å². The first-order valence-corrected chi connectivity index (χ1v) is 9.36. The van der Waals surface area contributed by atoms with Crippen molar-refractivity contribution in [1.82, 2.24) is 20.2 Å². The van der Waals surface area contributed by atoms with E-state index in [4.69, 9.17) is 14.2 Å². The number of fused-ring (bicyclic) bond motifs is 1. The van der Waals surface area contributed by atoms with Gasteiger partial charge in [0.15, 0.2) is 11.5 Å². The zero-order valence-corrected chi connectivity index (χ0v) is 16.3. The quantitative estimate of drug-likeness (QED) is 0.744. The van der Waals surface area contributed by atoms with E-state index in [0.717, 1.165) is 0 Å². The van der Waals surface area contributed by atoms with Gasteiger partial charge in [0.2, 0.25) is 0 Å². The largest absolute Gasteiger partial charge is 0.434 e. The second kappa shape index (κ2) is 7.93. The van der Waals surface area contributed by atoms with E-state index in [1.54, 1.807) is 32.2 Å². The van der Waals surface area contributed by atoms with E-state index < -0.39 is 35.9 Å². The molecular formula is C18H21F3N6O3. The minimum absolute atomic E-state index is 0.0124. The van der Waals surface area contributed by atoms with Gasteiger partial charge in [0, 0.05) is 12.7 Å². The van der Waals surface area contributed by atoms with Gasteiger partial charge in [-0.05, 0) is 26.0 Å². The lowest BCUT2D eigenvalue weighted by Gasteiger charge is -2.37. The molecule has 2 N–H and O–H groups in total. The van der Waals surface area contributed by atoms with Gasteiger partial charge in [-0.3, -0.25) is 4.98 Å². The number of halogens is 3. The summed E-state index contributed by atoms with van der Waals surface area (Å²) in [5, 5.41) is 13.9. The van der Waals surface area contributed by atoms with Crippen molar-refractivity contribution in [2.24, 2.45) is 0 Å². The second-order valence-electron chi connectivity index (χ2n) is 7.46. The zero-order chi connectivity index (χ0) is 21.4. The van der Waals surface area contributed by atoms with Crippen LogP contribution in [0, 0.1) is 0 Å². The van der Waals surface area contributed by atoms with Gasteiger partial charge in [-0.25, -0.2) is 4.98 Å². The summed E-state index contributed by atoms with van der Waals surface area (Å²) in [6.45, 7) is 4.14. The van der Waals surface area contributed by atoms with E-state index in [0.29, 0.717) is 18.6 Å². The molecule has 2 fully saturated rings. The third-order valence-corrected chi connectivity index (χ3v) is 4.73. The predicted octanol–water partition coefficient (Wildman–Crippen LogP) is 2.10. The molecule has 0 spiro atoms. The number of nitrogens with one attached hydrogen (secondary N) is 2. The van der Waals surface area contributed by atoms with Gasteiger partial charge in [0.1, 0.15) is 29.9 Å². The summed E-state index contributed by atoms with van der Waals surface area (Å²) in [7, 11) is 0. The molecule has 0 amide bonds. The summed E-state index contributed by atoms with van der Waals surface area (Å²) in [4.78, 5) is 7.23. The lowest BCUT2D eigenvalue weighted by atomic mass is 9.98. The molecule has 2 saturated heterocycles.